The molecule has 3 amide bonds. The van der Waals surface area contributed by atoms with Crippen LogP contribution in [0.15, 0.2) is 83.8 Å². The van der Waals surface area contributed by atoms with Crippen molar-refractivity contribution in [1.82, 2.24) is 4.90 Å². The minimum atomic E-state index is -0.540. The van der Waals surface area contributed by atoms with E-state index in [9.17, 15) is 14.4 Å². The average Bonchev–Trinajstić information content (AvgIpc) is 3.27. The van der Waals surface area contributed by atoms with Gasteiger partial charge in [-0.05, 0) is 70.9 Å². The van der Waals surface area contributed by atoms with Crippen molar-refractivity contribution in [3.63, 3.8) is 0 Å². The first-order valence-electron chi connectivity index (χ1n) is 13.8. The van der Waals surface area contributed by atoms with Gasteiger partial charge in [0.25, 0.3) is 11.1 Å². The molecule has 1 N–H and O–H groups in total. The Kier molecular flexibility index (Phi) is 8.19. The summed E-state index contributed by atoms with van der Waals surface area (Å²) in [4.78, 5) is 39.6. The van der Waals surface area contributed by atoms with Crippen molar-refractivity contribution in [2.24, 2.45) is 0 Å². The third-order valence-corrected chi connectivity index (χ3v) is 7.74. The van der Waals surface area contributed by atoms with E-state index in [-0.39, 0.29) is 4.91 Å². The Bertz CT molecular complexity index is 1750. The third kappa shape index (κ3) is 6.29. The van der Waals surface area contributed by atoms with E-state index in [1.165, 1.54) is 0 Å². The van der Waals surface area contributed by atoms with Crippen molar-refractivity contribution in [1.29, 1.82) is 0 Å². The quantitative estimate of drug-likeness (QED) is 0.226. The van der Waals surface area contributed by atoms with Crippen LogP contribution in [0.2, 0.25) is 0 Å². The monoisotopic (exact) mass is 596 g/mol. The SMILES string of the molecule is CCOc1cc(/C=C2/SC(=O)N(CC(=O)Nc3ccc4c(c3)OCCO4)C2=O)ccc1OCc1cccc2ccccc12. The van der Waals surface area contributed by atoms with Crippen LogP contribution in [0, 0.1) is 0 Å². The summed E-state index contributed by atoms with van der Waals surface area (Å²) in [5, 5.41) is 4.44. The second-order valence-electron chi connectivity index (χ2n) is 9.74. The maximum absolute atomic E-state index is 13.1. The number of hydrogen-bond acceptors (Lipinski definition) is 8. The smallest absolute Gasteiger partial charge is 0.294 e. The normalized spacial score (nSPS) is 15.2. The fraction of sp³-hybridized carbons (Fsp3) is 0.182. The van der Waals surface area contributed by atoms with E-state index in [0.717, 1.165) is 33.0 Å². The Morgan fingerprint density at radius 2 is 1.74 bits per heavy atom. The summed E-state index contributed by atoms with van der Waals surface area (Å²) in [7, 11) is 0. The molecule has 0 spiro atoms. The van der Waals surface area contributed by atoms with E-state index in [1.54, 1.807) is 42.5 Å². The van der Waals surface area contributed by atoms with E-state index in [0.29, 0.717) is 60.7 Å². The molecule has 0 bridgehead atoms. The highest BCUT2D eigenvalue weighted by Gasteiger charge is 2.36. The lowest BCUT2D eigenvalue weighted by Gasteiger charge is -2.19. The van der Waals surface area contributed by atoms with Crippen LogP contribution in [0.1, 0.15) is 18.1 Å². The zero-order chi connectivity index (χ0) is 29.8. The van der Waals surface area contributed by atoms with Crippen LogP contribution in [0.4, 0.5) is 10.5 Å². The second-order valence-corrected chi connectivity index (χ2v) is 10.7. The van der Waals surface area contributed by atoms with Crippen LogP contribution in [0.25, 0.3) is 16.8 Å². The highest BCUT2D eigenvalue weighted by molar-refractivity contribution is 8.18. The number of fused-ring (bicyclic) bond motifs is 2. The van der Waals surface area contributed by atoms with Gasteiger partial charge in [0.1, 0.15) is 26.4 Å². The van der Waals surface area contributed by atoms with Gasteiger partial charge in [-0.15, -0.1) is 0 Å². The van der Waals surface area contributed by atoms with Crippen molar-refractivity contribution < 1.29 is 33.3 Å². The van der Waals surface area contributed by atoms with E-state index in [1.807, 2.05) is 31.2 Å². The number of amides is 3. The summed E-state index contributed by atoms with van der Waals surface area (Å²) >= 11 is 0.786. The molecular formula is C33H28N2O7S. The topological polar surface area (TPSA) is 103 Å². The molecule has 1 saturated heterocycles. The predicted octanol–water partition coefficient (Wildman–Crippen LogP) is 6.26. The number of rotatable bonds is 9. The molecule has 43 heavy (non-hydrogen) atoms. The summed E-state index contributed by atoms with van der Waals surface area (Å²) in [6.07, 6.45) is 1.61. The Morgan fingerprint density at radius 3 is 2.60 bits per heavy atom. The Balaban J connectivity index is 1.13. The number of imide groups is 1. The van der Waals surface area contributed by atoms with Gasteiger partial charge in [-0.2, -0.15) is 0 Å². The van der Waals surface area contributed by atoms with Crippen LogP contribution in [0.3, 0.4) is 0 Å². The molecule has 6 rings (SSSR count). The number of benzene rings is 4. The number of nitrogens with zero attached hydrogens (tertiary/aromatic N) is 1. The molecule has 0 atom stereocenters. The van der Waals surface area contributed by atoms with E-state index < -0.39 is 23.6 Å². The summed E-state index contributed by atoms with van der Waals surface area (Å²) < 4.78 is 23.0. The van der Waals surface area contributed by atoms with Crippen molar-refractivity contribution >= 4 is 51.4 Å². The van der Waals surface area contributed by atoms with Crippen molar-refractivity contribution in [3.8, 4) is 23.0 Å². The molecule has 0 aromatic heterocycles. The first-order valence-corrected chi connectivity index (χ1v) is 14.6. The molecule has 0 aliphatic carbocycles. The molecule has 4 aromatic carbocycles. The molecule has 218 valence electrons. The minimum absolute atomic E-state index is 0.212. The van der Waals surface area contributed by atoms with Crippen LogP contribution >= 0.6 is 11.8 Å². The number of ether oxygens (including phenoxy) is 4. The largest absolute Gasteiger partial charge is 0.490 e. The number of hydrogen-bond donors (Lipinski definition) is 1. The molecule has 9 nitrogen and oxygen atoms in total. The molecule has 4 aromatic rings. The Labute approximate surface area is 252 Å². The van der Waals surface area contributed by atoms with E-state index in [4.69, 9.17) is 18.9 Å². The molecule has 1 fully saturated rings. The van der Waals surface area contributed by atoms with Crippen molar-refractivity contribution in [3.05, 3.63) is 94.9 Å². The predicted molar refractivity (Wildman–Crippen MR) is 165 cm³/mol. The van der Waals surface area contributed by atoms with Gasteiger partial charge in [0.15, 0.2) is 23.0 Å². The Morgan fingerprint density at radius 1 is 0.930 bits per heavy atom. The molecule has 10 heteroatoms. The molecule has 0 unspecified atom stereocenters. The lowest BCUT2D eigenvalue weighted by molar-refractivity contribution is -0.127. The minimum Gasteiger partial charge on any atom is -0.490 e. The summed E-state index contributed by atoms with van der Waals surface area (Å²) in [5.74, 6) is 1.16. The highest BCUT2D eigenvalue weighted by atomic mass is 32.2. The van der Waals surface area contributed by atoms with Crippen molar-refractivity contribution in [2.45, 2.75) is 13.5 Å². The maximum Gasteiger partial charge on any atom is 0.294 e. The van der Waals surface area contributed by atoms with E-state index >= 15 is 0 Å². The number of anilines is 1. The molecule has 0 saturated carbocycles. The van der Waals surface area contributed by atoms with Crippen LogP contribution in [0.5, 0.6) is 23.0 Å². The van der Waals surface area contributed by atoms with Crippen LogP contribution in [-0.4, -0.2) is 48.3 Å². The van der Waals surface area contributed by atoms with Gasteiger partial charge in [-0.3, -0.25) is 19.3 Å². The molecule has 2 aliphatic rings. The summed E-state index contributed by atoms with van der Waals surface area (Å²) in [6.45, 7) is 3.11. The number of thioether (sulfide) groups is 1. The second kappa shape index (κ2) is 12.5. The average molecular weight is 597 g/mol. The zero-order valence-electron chi connectivity index (χ0n) is 23.3. The number of carbonyl (C=O) groups excluding carboxylic acids is 3. The van der Waals surface area contributed by atoms with E-state index in [2.05, 4.69) is 23.5 Å². The van der Waals surface area contributed by atoms with Gasteiger partial charge in [-0.1, -0.05) is 48.5 Å². The third-order valence-electron chi connectivity index (χ3n) is 6.83. The Hall–Kier alpha value is -4.96. The lowest BCUT2D eigenvalue weighted by atomic mass is 10.1. The van der Waals surface area contributed by atoms with Crippen molar-refractivity contribution in [2.75, 3.05) is 31.7 Å². The highest BCUT2D eigenvalue weighted by Crippen LogP contribution is 2.36. The first kappa shape index (κ1) is 28.2. The molecular weight excluding hydrogens is 568 g/mol. The standard InChI is InChI=1S/C33H28N2O7S/c1-2-39-28-16-21(10-12-27(28)42-20-23-8-5-7-22-6-3-4-9-25(22)23)17-30-32(37)35(33(38)43-30)19-31(36)34-24-11-13-26-29(18-24)41-15-14-40-26/h3-13,16-18H,2,14-15,19-20H2,1H3,(H,34,36)/b30-17+. The van der Waals surface area contributed by atoms with Crippen LogP contribution in [-0.2, 0) is 16.2 Å². The maximum atomic E-state index is 13.1. The van der Waals surface area contributed by atoms with Gasteiger partial charge in [0.2, 0.25) is 5.91 Å². The summed E-state index contributed by atoms with van der Waals surface area (Å²) in [5.41, 5.74) is 2.19. The van der Waals surface area contributed by atoms with Gasteiger partial charge < -0.3 is 24.3 Å². The van der Waals surface area contributed by atoms with Gasteiger partial charge in [-0.25, -0.2) is 0 Å². The fourth-order valence-corrected chi connectivity index (χ4v) is 5.67. The van der Waals surface area contributed by atoms with Gasteiger partial charge in [0.05, 0.1) is 11.5 Å². The van der Waals surface area contributed by atoms with Gasteiger partial charge >= 0.3 is 0 Å². The van der Waals surface area contributed by atoms with Gasteiger partial charge in [0, 0.05) is 11.8 Å². The number of carbonyl (C=O) groups is 3. The molecule has 0 radical (unpaired) electrons. The first-order chi connectivity index (χ1) is 21.0. The fourth-order valence-electron chi connectivity index (χ4n) is 4.83. The number of nitrogens with one attached hydrogen (secondary N) is 1. The molecule has 2 aliphatic heterocycles. The zero-order valence-corrected chi connectivity index (χ0v) is 24.1. The summed E-state index contributed by atoms with van der Waals surface area (Å²) in [6, 6.07) is 24.6. The molecule has 2 heterocycles. The van der Waals surface area contributed by atoms with Crippen LogP contribution < -0.4 is 24.3 Å². The lowest BCUT2D eigenvalue weighted by Crippen LogP contribution is -2.36.